The Hall–Kier alpha value is -2.38. The number of aromatic nitrogens is 4. The Kier molecular flexibility index (Phi) is 3.13. The molecule has 1 fully saturated rings. The molecule has 1 aliphatic rings. The number of likely N-dealkylation sites (tertiary alicyclic amines) is 1. The molecule has 0 aliphatic carbocycles. The summed E-state index contributed by atoms with van der Waals surface area (Å²) < 4.78 is 4.97. The van der Waals surface area contributed by atoms with Crippen LogP contribution in [-0.2, 0) is 0 Å². The lowest BCUT2D eigenvalue weighted by Crippen LogP contribution is -2.38. The third-order valence-electron chi connectivity index (χ3n) is 3.63. The molecular weight excluding hydrogens is 262 g/mol. The van der Waals surface area contributed by atoms with Crippen LogP contribution in [0, 0.1) is 6.92 Å². The van der Waals surface area contributed by atoms with Gasteiger partial charge in [-0.05, 0) is 25.3 Å². The van der Waals surface area contributed by atoms with Gasteiger partial charge in [-0.1, -0.05) is 0 Å². The van der Waals surface area contributed by atoms with E-state index < -0.39 is 5.76 Å². The van der Waals surface area contributed by atoms with Crippen molar-refractivity contribution < 1.29 is 9.21 Å². The van der Waals surface area contributed by atoms with E-state index in [1.165, 1.54) is 0 Å². The highest BCUT2D eigenvalue weighted by atomic mass is 16.4. The van der Waals surface area contributed by atoms with Gasteiger partial charge in [0.15, 0.2) is 0 Å². The molecule has 1 aliphatic heterocycles. The van der Waals surface area contributed by atoms with Crippen molar-refractivity contribution in [3.8, 4) is 0 Å². The van der Waals surface area contributed by atoms with Crippen LogP contribution in [0.5, 0.6) is 0 Å². The van der Waals surface area contributed by atoms with Crippen molar-refractivity contribution in [3.05, 3.63) is 33.9 Å². The van der Waals surface area contributed by atoms with E-state index >= 15 is 0 Å². The highest BCUT2D eigenvalue weighted by molar-refractivity contribution is 5.93. The van der Waals surface area contributed by atoms with Gasteiger partial charge < -0.3 is 9.32 Å². The first-order valence-electron chi connectivity index (χ1n) is 6.50. The summed E-state index contributed by atoms with van der Waals surface area (Å²) in [4.78, 5) is 25.0. The molecule has 2 aromatic heterocycles. The number of piperidine rings is 1. The van der Waals surface area contributed by atoms with Crippen LogP contribution in [0.4, 0.5) is 0 Å². The molecule has 8 heteroatoms. The van der Waals surface area contributed by atoms with Gasteiger partial charge in [-0.15, -0.1) is 5.10 Å². The fraction of sp³-hybridized carbons (Fsp3) is 0.500. The fourth-order valence-electron chi connectivity index (χ4n) is 2.47. The molecule has 1 saturated heterocycles. The van der Waals surface area contributed by atoms with E-state index in [1.54, 1.807) is 11.1 Å². The Balaban J connectivity index is 1.65. The zero-order chi connectivity index (χ0) is 14.1. The van der Waals surface area contributed by atoms with Gasteiger partial charge >= 0.3 is 5.76 Å². The van der Waals surface area contributed by atoms with Crippen molar-refractivity contribution in [1.82, 2.24) is 25.3 Å². The molecule has 0 unspecified atom stereocenters. The summed E-state index contributed by atoms with van der Waals surface area (Å²) in [6, 6.07) is 0. The number of rotatable bonds is 2. The average Bonchev–Trinajstić information content (AvgIpc) is 3.07. The van der Waals surface area contributed by atoms with Crippen LogP contribution in [0.1, 0.15) is 40.7 Å². The molecule has 0 bridgehead atoms. The second-order valence-corrected chi connectivity index (χ2v) is 4.95. The minimum absolute atomic E-state index is 0.0399. The minimum Gasteiger partial charge on any atom is -0.392 e. The summed E-state index contributed by atoms with van der Waals surface area (Å²) in [7, 11) is 0. The van der Waals surface area contributed by atoms with Crippen LogP contribution in [0.2, 0.25) is 0 Å². The maximum absolute atomic E-state index is 12.3. The van der Waals surface area contributed by atoms with Crippen molar-refractivity contribution >= 4 is 5.91 Å². The van der Waals surface area contributed by atoms with E-state index in [0.717, 1.165) is 18.4 Å². The molecule has 0 saturated carbocycles. The molecule has 0 spiro atoms. The molecule has 2 N–H and O–H groups in total. The van der Waals surface area contributed by atoms with Crippen LogP contribution in [0.3, 0.4) is 0 Å². The number of amides is 1. The standard InChI is InChI=1S/C12H15N5O3/c1-7-6-13-14-9(7)11(18)17-4-2-8(3-5-17)10-15-16-12(19)20-10/h6,8H,2-5H2,1H3,(H,13,14)(H,16,19). The summed E-state index contributed by atoms with van der Waals surface area (Å²) in [5.74, 6) is -0.0609. The third kappa shape index (κ3) is 2.24. The van der Waals surface area contributed by atoms with Crippen LogP contribution < -0.4 is 5.76 Å². The second kappa shape index (κ2) is 4.95. The van der Waals surface area contributed by atoms with Gasteiger partial charge in [-0.25, -0.2) is 9.89 Å². The number of aryl methyl sites for hydroxylation is 1. The monoisotopic (exact) mass is 277 g/mol. The molecule has 20 heavy (non-hydrogen) atoms. The van der Waals surface area contributed by atoms with Crippen molar-refractivity contribution in [2.24, 2.45) is 0 Å². The van der Waals surface area contributed by atoms with E-state index in [2.05, 4.69) is 20.4 Å². The van der Waals surface area contributed by atoms with Gasteiger partial charge in [0.25, 0.3) is 5.91 Å². The van der Waals surface area contributed by atoms with Gasteiger partial charge in [0, 0.05) is 19.0 Å². The lowest BCUT2D eigenvalue weighted by Gasteiger charge is -2.30. The first-order chi connectivity index (χ1) is 9.65. The number of nitrogens with zero attached hydrogens (tertiary/aromatic N) is 3. The maximum Gasteiger partial charge on any atom is 0.434 e. The third-order valence-corrected chi connectivity index (χ3v) is 3.63. The summed E-state index contributed by atoms with van der Waals surface area (Å²) >= 11 is 0. The maximum atomic E-state index is 12.3. The summed E-state index contributed by atoms with van der Waals surface area (Å²) in [5, 5.41) is 12.7. The molecule has 0 atom stereocenters. The second-order valence-electron chi connectivity index (χ2n) is 4.95. The van der Waals surface area contributed by atoms with Gasteiger partial charge in [0.1, 0.15) is 5.69 Å². The Morgan fingerprint density at radius 3 is 2.70 bits per heavy atom. The SMILES string of the molecule is Cc1cn[nH]c1C(=O)N1CCC(c2n[nH]c(=O)o2)CC1. The molecule has 3 heterocycles. The number of carbonyl (C=O) groups excluding carboxylic acids is 1. The summed E-state index contributed by atoms with van der Waals surface area (Å²) in [6.07, 6.45) is 3.10. The largest absolute Gasteiger partial charge is 0.434 e. The molecule has 106 valence electrons. The first kappa shape index (κ1) is 12.6. The van der Waals surface area contributed by atoms with E-state index in [-0.39, 0.29) is 11.8 Å². The van der Waals surface area contributed by atoms with Crippen LogP contribution in [-0.4, -0.2) is 44.3 Å². The van der Waals surface area contributed by atoms with E-state index in [9.17, 15) is 9.59 Å². The normalized spacial score (nSPS) is 16.6. The van der Waals surface area contributed by atoms with Crippen molar-refractivity contribution in [2.75, 3.05) is 13.1 Å². The Morgan fingerprint density at radius 2 is 2.15 bits per heavy atom. The molecule has 0 aromatic carbocycles. The smallest absolute Gasteiger partial charge is 0.392 e. The van der Waals surface area contributed by atoms with E-state index in [4.69, 9.17) is 4.42 Å². The number of aromatic amines is 2. The topological polar surface area (TPSA) is 108 Å². The van der Waals surface area contributed by atoms with Crippen molar-refractivity contribution in [1.29, 1.82) is 0 Å². The highest BCUT2D eigenvalue weighted by Gasteiger charge is 2.28. The number of hydrogen-bond acceptors (Lipinski definition) is 5. The van der Waals surface area contributed by atoms with Crippen LogP contribution >= 0.6 is 0 Å². The predicted molar refractivity (Wildman–Crippen MR) is 68.3 cm³/mol. The number of hydrogen-bond donors (Lipinski definition) is 2. The van der Waals surface area contributed by atoms with E-state index in [0.29, 0.717) is 24.7 Å². The molecular formula is C12H15N5O3. The number of nitrogens with one attached hydrogen (secondary N) is 2. The lowest BCUT2D eigenvalue weighted by molar-refractivity contribution is 0.0699. The zero-order valence-corrected chi connectivity index (χ0v) is 11.0. The number of carbonyl (C=O) groups is 1. The number of H-pyrrole nitrogens is 2. The summed E-state index contributed by atoms with van der Waals surface area (Å²) in [6.45, 7) is 3.07. The molecule has 3 rings (SSSR count). The molecule has 0 radical (unpaired) electrons. The first-order valence-corrected chi connectivity index (χ1v) is 6.50. The van der Waals surface area contributed by atoms with E-state index in [1.807, 2.05) is 6.92 Å². The Morgan fingerprint density at radius 1 is 1.40 bits per heavy atom. The molecule has 1 amide bonds. The predicted octanol–water partition coefficient (Wildman–Crippen LogP) is 0.414. The van der Waals surface area contributed by atoms with Crippen molar-refractivity contribution in [2.45, 2.75) is 25.7 Å². The highest BCUT2D eigenvalue weighted by Crippen LogP contribution is 2.26. The van der Waals surface area contributed by atoms with Gasteiger partial charge in [-0.3, -0.25) is 9.89 Å². The van der Waals surface area contributed by atoms with Gasteiger partial charge in [-0.2, -0.15) is 5.10 Å². The molecule has 2 aromatic rings. The van der Waals surface area contributed by atoms with Gasteiger partial charge in [0.05, 0.1) is 6.20 Å². The van der Waals surface area contributed by atoms with Gasteiger partial charge in [0.2, 0.25) is 5.89 Å². The lowest BCUT2D eigenvalue weighted by atomic mass is 9.96. The minimum atomic E-state index is -0.536. The zero-order valence-electron chi connectivity index (χ0n) is 11.0. The molecule has 8 nitrogen and oxygen atoms in total. The van der Waals surface area contributed by atoms with Crippen molar-refractivity contribution in [3.63, 3.8) is 0 Å². The fourth-order valence-corrected chi connectivity index (χ4v) is 2.47. The quantitative estimate of drug-likeness (QED) is 0.826. The Labute approximate surface area is 114 Å². The summed E-state index contributed by atoms with van der Waals surface area (Å²) in [5.41, 5.74) is 1.38. The Bertz CT molecular complexity index is 662. The van der Waals surface area contributed by atoms with Crippen LogP contribution in [0.25, 0.3) is 0 Å². The van der Waals surface area contributed by atoms with Crippen LogP contribution in [0.15, 0.2) is 15.4 Å². The average molecular weight is 277 g/mol.